The number of oxime groups is 1. The van der Waals surface area contributed by atoms with Crippen LogP contribution in [-0.2, 0) is 11.4 Å². The lowest BCUT2D eigenvalue weighted by molar-refractivity contribution is 0.125. The highest BCUT2D eigenvalue weighted by Crippen LogP contribution is 2.50. The molecule has 196 valence electrons. The summed E-state index contributed by atoms with van der Waals surface area (Å²) in [7, 11) is 1.64. The van der Waals surface area contributed by atoms with Gasteiger partial charge < -0.3 is 14.3 Å². The Morgan fingerprint density at radius 3 is 2.58 bits per heavy atom. The first kappa shape index (κ1) is 23.8. The van der Waals surface area contributed by atoms with Gasteiger partial charge in [0.25, 0.3) is 0 Å². The zero-order valence-electron chi connectivity index (χ0n) is 22.0. The number of aromatic nitrogens is 4. The van der Waals surface area contributed by atoms with E-state index in [1.54, 1.807) is 18.0 Å². The van der Waals surface area contributed by atoms with Crippen molar-refractivity contribution in [2.45, 2.75) is 19.4 Å². The molecule has 0 radical (unpaired) electrons. The third kappa shape index (κ3) is 4.10. The van der Waals surface area contributed by atoms with Crippen LogP contribution < -0.4 is 9.47 Å². The maximum Gasteiger partial charge on any atom is 0.228 e. The molecule has 0 fully saturated rings. The summed E-state index contributed by atoms with van der Waals surface area (Å²) < 4.78 is 13.4. The van der Waals surface area contributed by atoms with Crippen LogP contribution in [0.4, 0.5) is 0 Å². The van der Waals surface area contributed by atoms with E-state index >= 15 is 0 Å². The lowest BCUT2D eigenvalue weighted by Gasteiger charge is -2.28. The highest BCUT2D eigenvalue weighted by molar-refractivity contribution is 5.98. The van der Waals surface area contributed by atoms with Gasteiger partial charge in [0.15, 0.2) is 18.1 Å². The van der Waals surface area contributed by atoms with E-state index < -0.39 is 0 Å². The van der Waals surface area contributed by atoms with Gasteiger partial charge in [-0.2, -0.15) is 0 Å². The van der Waals surface area contributed by atoms with Crippen LogP contribution in [0, 0.1) is 0 Å². The maximum atomic E-state index is 6.48. The Labute approximate surface area is 230 Å². The number of ether oxygens (including phenoxy) is 2. The first-order valence-electron chi connectivity index (χ1n) is 13.0. The largest absolute Gasteiger partial charge is 0.497 e. The molecule has 40 heavy (non-hydrogen) atoms. The molecule has 8 nitrogen and oxygen atoms in total. The summed E-state index contributed by atoms with van der Waals surface area (Å²) in [4.78, 5) is 15.2. The Balaban J connectivity index is 1.26. The van der Waals surface area contributed by atoms with E-state index in [0.29, 0.717) is 17.4 Å². The molecule has 4 aromatic carbocycles. The number of hydrogen-bond donors (Lipinski definition) is 0. The van der Waals surface area contributed by atoms with Gasteiger partial charge in [-0.25, -0.2) is 14.5 Å². The molecule has 0 bridgehead atoms. The second-order valence-electron chi connectivity index (χ2n) is 9.59. The van der Waals surface area contributed by atoms with Crippen LogP contribution in [0.25, 0.3) is 16.4 Å². The number of rotatable bonds is 6. The summed E-state index contributed by atoms with van der Waals surface area (Å²) in [6.45, 7) is 2.00. The first-order chi connectivity index (χ1) is 19.7. The fourth-order valence-electron chi connectivity index (χ4n) is 5.22. The molecule has 8 heteroatoms. The van der Waals surface area contributed by atoms with Crippen molar-refractivity contribution in [1.82, 2.24) is 19.6 Å². The van der Waals surface area contributed by atoms with Gasteiger partial charge in [0.1, 0.15) is 17.8 Å². The van der Waals surface area contributed by atoms with Crippen molar-refractivity contribution in [3.05, 3.63) is 125 Å². The van der Waals surface area contributed by atoms with Gasteiger partial charge in [0.2, 0.25) is 5.88 Å². The average Bonchev–Trinajstić information content (AvgIpc) is 3.43. The number of fused-ring (bicyclic) bond motifs is 6. The second-order valence-corrected chi connectivity index (χ2v) is 9.59. The van der Waals surface area contributed by atoms with Crippen LogP contribution >= 0.6 is 0 Å². The molecular weight excluding hydrogens is 502 g/mol. The van der Waals surface area contributed by atoms with Crippen molar-refractivity contribution in [2.75, 3.05) is 7.11 Å². The van der Waals surface area contributed by atoms with Crippen LogP contribution in [0.2, 0.25) is 0 Å². The van der Waals surface area contributed by atoms with Crippen molar-refractivity contribution >= 4 is 22.1 Å². The molecule has 0 N–H and O–H groups in total. The molecule has 6 aromatic rings. The van der Waals surface area contributed by atoms with Gasteiger partial charge in [0.05, 0.1) is 18.4 Å². The number of nitrogens with zero attached hydrogens (tertiary/aromatic N) is 5. The average molecular weight is 528 g/mol. The predicted molar refractivity (Wildman–Crippen MR) is 152 cm³/mol. The fourth-order valence-corrected chi connectivity index (χ4v) is 5.22. The summed E-state index contributed by atoms with van der Waals surface area (Å²) in [5.74, 6) is 2.50. The molecular formula is C32H25N5O3. The van der Waals surface area contributed by atoms with Crippen molar-refractivity contribution in [3.63, 3.8) is 0 Å². The molecule has 0 saturated heterocycles. The molecule has 7 rings (SSSR count). The van der Waals surface area contributed by atoms with E-state index in [-0.39, 0.29) is 12.5 Å². The van der Waals surface area contributed by atoms with Crippen LogP contribution in [0.3, 0.4) is 0 Å². The molecule has 1 aliphatic heterocycles. The maximum absolute atomic E-state index is 6.48. The minimum atomic E-state index is -0.130. The zero-order valence-corrected chi connectivity index (χ0v) is 22.0. The first-order valence-corrected chi connectivity index (χ1v) is 13.0. The van der Waals surface area contributed by atoms with E-state index in [0.717, 1.165) is 50.2 Å². The van der Waals surface area contributed by atoms with Crippen molar-refractivity contribution < 1.29 is 14.3 Å². The van der Waals surface area contributed by atoms with E-state index in [9.17, 15) is 0 Å². The van der Waals surface area contributed by atoms with Crippen LogP contribution in [0.1, 0.15) is 40.9 Å². The Morgan fingerprint density at radius 1 is 0.950 bits per heavy atom. The second kappa shape index (κ2) is 9.81. The predicted octanol–water partition coefficient (Wildman–Crippen LogP) is 6.51. The topological polar surface area (TPSA) is 83.1 Å². The zero-order chi connectivity index (χ0) is 27.1. The SMILES string of the molecule is COc1ccc(/C(C)=N/OCc2nc3c4c(ncn3n2)Oc2c(ccc3ccccc23)[C@H]4c2ccccc2)cc1. The number of benzene rings is 4. The van der Waals surface area contributed by atoms with Gasteiger partial charge in [0, 0.05) is 16.9 Å². The number of methoxy groups -OCH3 is 1. The highest BCUT2D eigenvalue weighted by atomic mass is 16.6. The summed E-state index contributed by atoms with van der Waals surface area (Å²) >= 11 is 0. The Morgan fingerprint density at radius 2 is 1.75 bits per heavy atom. The third-order valence-corrected chi connectivity index (χ3v) is 7.18. The van der Waals surface area contributed by atoms with E-state index in [1.807, 2.05) is 61.5 Å². The monoisotopic (exact) mass is 527 g/mol. The van der Waals surface area contributed by atoms with Crippen molar-refractivity contribution in [2.24, 2.45) is 5.16 Å². The lowest BCUT2D eigenvalue weighted by Crippen LogP contribution is -2.15. The summed E-state index contributed by atoms with van der Waals surface area (Å²) in [5.41, 5.74) is 5.41. The van der Waals surface area contributed by atoms with Gasteiger partial charge >= 0.3 is 0 Å². The number of hydrogen-bond acceptors (Lipinski definition) is 7. The lowest BCUT2D eigenvalue weighted by atomic mass is 9.83. The molecule has 1 atom stereocenters. The molecule has 0 amide bonds. The third-order valence-electron chi connectivity index (χ3n) is 7.18. The molecule has 0 unspecified atom stereocenters. The van der Waals surface area contributed by atoms with Crippen molar-refractivity contribution in [3.8, 4) is 17.4 Å². The molecule has 3 heterocycles. The van der Waals surface area contributed by atoms with E-state index in [1.165, 1.54) is 0 Å². The van der Waals surface area contributed by atoms with Crippen LogP contribution in [-0.4, -0.2) is 32.4 Å². The van der Waals surface area contributed by atoms with E-state index in [4.69, 9.17) is 19.3 Å². The smallest absolute Gasteiger partial charge is 0.228 e. The van der Waals surface area contributed by atoms with E-state index in [2.05, 4.69) is 51.6 Å². The highest BCUT2D eigenvalue weighted by Gasteiger charge is 2.34. The van der Waals surface area contributed by atoms with Gasteiger partial charge in [-0.3, -0.25) is 0 Å². The summed E-state index contributed by atoms with van der Waals surface area (Å²) in [6, 6.07) is 30.5. The quantitative estimate of drug-likeness (QED) is 0.181. The molecule has 0 saturated carbocycles. The minimum absolute atomic E-state index is 0.113. The van der Waals surface area contributed by atoms with Gasteiger partial charge in [-0.1, -0.05) is 71.9 Å². The summed E-state index contributed by atoms with van der Waals surface area (Å²) in [6.07, 6.45) is 1.63. The molecule has 0 aliphatic carbocycles. The normalized spacial score (nSPS) is 14.4. The standard InChI is InChI=1S/C32H25N5O3/c1-20(21-12-15-24(38-2)16-13-21)36-39-18-27-34-31-29-28(23-9-4-3-5-10-23)26-17-14-22-8-6-7-11-25(22)30(26)40-32(29)33-19-37(31)35-27/h3-17,19,28H,18H2,1-2H3/b36-20+/t28-/m1/s1. The van der Waals surface area contributed by atoms with Crippen LogP contribution in [0.15, 0.2) is 102 Å². The Bertz CT molecular complexity index is 1880. The van der Waals surface area contributed by atoms with Gasteiger partial charge in [-0.05, 0) is 47.7 Å². The minimum Gasteiger partial charge on any atom is -0.497 e. The molecule has 0 spiro atoms. The van der Waals surface area contributed by atoms with Crippen LogP contribution in [0.5, 0.6) is 17.4 Å². The molecule has 2 aromatic heterocycles. The Hall–Kier alpha value is -5.24. The van der Waals surface area contributed by atoms with Gasteiger partial charge in [-0.15, -0.1) is 5.10 Å². The Kier molecular flexibility index (Phi) is 5.85. The fraction of sp³-hybridized carbons (Fsp3) is 0.125. The summed E-state index contributed by atoms with van der Waals surface area (Å²) in [5, 5.41) is 11.1. The molecule has 1 aliphatic rings. The van der Waals surface area contributed by atoms with Crippen molar-refractivity contribution in [1.29, 1.82) is 0 Å².